The Kier molecular flexibility index (Phi) is 6.93. The predicted octanol–water partition coefficient (Wildman–Crippen LogP) is 2.22. The van der Waals surface area contributed by atoms with Gasteiger partial charge in [-0.05, 0) is 44.5 Å². The van der Waals surface area contributed by atoms with E-state index in [0.29, 0.717) is 16.8 Å². The van der Waals surface area contributed by atoms with E-state index in [0.717, 1.165) is 17.7 Å². The smallest absolute Gasteiger partial charge is 0.255 e. The minimum absolute atomic E-state index is 0.0672. The second kappa shape index (κ2) is 9.21. The van der Waals surface area contributed by atoms with Crippen molar-refractivity contribution < 1.29 is 18.3 Å². The molecular weight excluding hydrogens is 423 g/mol. The number of pyridine rings is 1. The lowest BCUT2D eigenvalue weighted by molar-refractivity contribution is 0.0945. The average molecular weight is 446 g/mol. The number of amides is 1. The lowest BCUT2D eigenvalue weighted by Crippen LogP contribution is -2.50. The molecule has 6 nitrogen and oxygen atoms in total. The van der Waals surface area contributed by atoms with Crippen LogP contribution >= 0.6 is 0 Å². The van der Waals surface area contributed by atoms with Gasteiger partial charge >= 0.3 is 0 Å². The number of rotatable bonds is 8. The van der Waals surface area contributed by atoms with Crippen LogP contribution in [0.4, 0.5) is 8.78 Å². The van der Waals surface area contributed by atoms with Crippen molar-refractivity contribution in [3.8, 4) is 5.88 Å². The van der Waals surface area contributed by atoms with Gasteiger partial charge in [0.25, 0.3) is 5.91 Å². The van der Waals surface area contributed by atoms with E-state index in [1.54, 1.807) is 32.9 Å². The summed E-state index contributed by atoms with van der Waals surface area (Å²) >= 11 is 0. The zero-order valence-electron chi connectivity index (χ0n) is 18.8. The lowest BCUT2D eigenvalue weighted by atomic mass is 9.40. The molecule has 2 aromatic heterocycles. The fourth-order valence-electron chi connectivity index (χ4n) is 3.69. The molecule has 3 aromatic rings. The van der Waals surface area contributed by atoms with Crippen LogP contribution in [0.25, 0.3) is 5.52 Å². The number of ether oxygens (including phenoxy) is 1. The normalized spacial score (nSPS) is 13.6. The second-order valence-corrected chi connectivity index (χ2v) is 8.74. The molecule has 3 rings (SSSR count). The Morgan fingerprint density at radius 3 is 2.45 bits per heavy atom. The van der Waals surface area contributed by atoms with Crippen LogP contribution < -0.4 is 15.8 Å². The number of aryl methyl sites for hydroxylation is 2. The van der Waals surface area contributed by atoms with Gasteiger partial charge in [-0.2, -0.15) is 9.61 Å². The van der Waals surface area contributed by atoms with E-state index >= 15 is 0 Å². The highest BCUT2D eigenvalue weighted by atomic mass is 19.1. The van der Waals surface area contributed by atoms with Crippen LogP contribution in [0.3, 0.4) is 0 Å². The van der Waals surface area contributed by atoms with Gasteiger partial charge in [0, 0.05) is 18.2 Å². The van der Waals surface area contributed by atoms with Crippen molar-refractivity contribution in [2.75, 3.05) is 6.54 Å². The Hall–Kier alpha value is -2.81. The molecule has 1 atom stereocenters. The molecule has 6 radical (unpaired) electrons. The highest BCUT2D eigenvalue weighted by molar-refractivity contribution is 6.58. The first-order chi connectivity index (χ1) is 15.3. The number of hydrogen-bond acceptors (Lipinski definition) is 4. The summed E-state index contributed by atoms with van der Waals surface area (Å²) in [6, 6.07) is 7.02. The van der Waals surface area contributed by atoms with E-state index < -0.39 is 28.2 Å². The molecule has 166 valence electrons. The fraction of sp³-hybridized carbons (Fsp3) is 0.364. The van der Waals surface area contributed by atoms with Gasteiger partial charge in [0.15, 0.2) is 0 Å². The Labute approximate surface area is 195 Å². The largest absolute Gasteiger partial charge is 0.473 e. The first-order valence-electron chi connectivity index (χ1n) is 10.3. The minimum atomic E-state index is -1.48. The molecule has 0 aliphatic carbocycles. The Morgan fingerprint density at radius 2 is 1.85 bits per heavy atom. The summed E-state index contributed by atoms with van der Waals surface area (Å²) in [5.41, 5.74) is 7.01. The standard InChI is InChI=1S/C22H23B3F2N4O2/c1-12-7-17-19(20(32)29-11-21(3,28)10-22(23,24)25)13(2)30-31(17)18(8-12)33-9-14-15(26)5-4-6-16(14)27/h4-8H,9-11,28H2,1-3H3,(H,29,32). The summed E-state index contributed by atoms with van der Waals surface area (Å²) in [7, 11) is 16.9. The summed E-state index contributed by atoms with van der Waals surface area (Å²) in [5, 5.41) is 5.68. The molecule has 3 N–H and O–H groups in total. The number of nitrogens with two attached hydrogens (primary N) is 1. The first-order valence-corrected chi connectivity index (χ1v) is 10.3. The molecule has 0 aliphatic rings. The third kappa shape index (κ3) is 5.96. The number of halogens is 2. The Bertz CT molecular complexity index is 1170. The summed E-state index contributed by atoms with van der Waals surface area (Å²) in [4.78, 5) is 13.0. The SMILES string of the molecule is [B]C([B])([B])CC(C)(N)CNC(=O)c1c(C)nn2c(OCc3c(F)cccc3F)cc(C)cc12. The molecule has 0 saturated carbocycles. The Balaban J connectivity index is 1.87. The van der Waals surface area contributed by atoms with E-state index in [2.05, 4.69) is 10.4 Å². The van der Waals surface area contributed by atoms with Crippen molar-refractivity contribution in [1.29, 1.82) is 0 Å². The van der Waals surface area contributed by atoms with Gasteiger partial charge in [0.1, 0.15) is 18.2 Å². The monoisotopic (exact) mass is 446 g/mol. The number of aromatic nitrogens is 2. The van der Waals surface area contributed by atoms with Crippen LogP contribution in [0.15, 0.2) is 30.3 Å². The number of carbonyl (C=O) groups excluding carboxylic acids is 1. The predicted molar refractivity (Wildman–Crippen MR) is 125 cm³/mol. The highest BCUT2D eigenvalue weighted by Gasteiger charge is 2.27. The van der Waals surface area contributed by atoms with Crippen LogP contribution in [0.5, 0.6) is 5.88 Å². The van der Waals surface area contributed by atoms with Crippen molar-refractivity contribution in [3.63, 3.8) is 0 Å². The fourth-order valence-corrected chi connectivity index (χ4v) is 3.69. The first kappa shape index (κ1) is 24.8. The average Bonchev–Trinajstić information content (AvgIpc) is 2.99. The number of benzene rings is 1. The number of hydrogen-bond donors (Lipinski definition) is 2. The van der Waals surface area contributed by atoms with Gasteiger partial charge < -0.3 is 15.8 Å². The number of nitrogens with one attached hydrogen (secondary N) is 1. The molecule has 1 aromatic carbocycles. The van der Waals surface area contributed by atoms with E-state index in [1.807, 2.05) is 0 Å². The van der Waals surface area contributed by atoms with Crippen molar-refractivity contribution in [2.24, 2.45) is 5.73 Å². The van der Waals surface area contributed by atoms with Crippen LogP contribution in [0, 0.1) is 25.5 Å². The second-order valence-electron chi connectivity index (χ2n) is 8.74. The van der Waals surface area contributed by atoms with Gasteiger partial charge in [-0.15, -0.1) is 5.11 Å². The zero-order chi connectivity index (χ0) is 24.6. The topological polar surface area (TPSA) is 81.6 Å². The lowest BCUT2D eigenvalue weighted by Gasteiger charge is -2.33. The van der Waals surface area contributed by atoms with E-state index in [4.69, 9.17) is 34.0 Å². The molecular formula is C22H23B3F2N4O2. The maximum Gasteiger partial charge on any atom is 0.255 e. The van der Waals surface area contributed by atoms with Crippen molar-refractivity contribution in [2.45, 2.75) is 44.5 Å². The Morgan fingerprint density at radius 1 is 1.21 bits per heavy atom. The molecule has 0 saturated heterocycles. The number of carbonyl (C=O) groups is 1. The molecule has 33 heavy (non-hydrogen) atoms. The maximum atomic E-state index is 14.0. The molecule has 0 aliphatic heterocycles. The molecule has 2 heterocycles. The van der Waals surface area contributed by atoms with Crippen LogP contribution in [-0.4, -0.2) is 51.1 Å². The number of fused-ring (bicyclic) bond motifs is 1. The molecule has 1 amide bonds. The van der Waals surface area contributed by atoms with Gasteiger partial charge in [0.2, 0.25) is 5.88 Å². The summed E-state index contributed by atoms with van der Waals surface area (Å²) in [6.45, 7) is 4.87. The molecule has 1 unspecified atom stereocenters. The van der Waals surface area contributed by atoms with Gasteiger partial charge in [0.05, 0.1) is 45.9 Å². The highest BCUT2D eigenvalue weighted by Crippen LogP contribution is 2.26. The van der Waals surface area contributed by atoms with E-state index in [-0.39, 0.29) is 31.0 Å². The van der Waals surface area contributed by atoms with E-state index in [9.17, 15) is 13.6 Å². The zero-order valence-corrected chi connectivity index (χ0v) is 18.8. The van der Waals surface area contributed by atoms with Crippen LogP contribution in [0.2, 0.25) is 5.11 Å². The van der Waals surface area contributed by atoms with Crippen molar-refractivity contribution in [1.82, 2.24) is 14.9 Å². The summed E-state index contributed by atoms with van der Waals surface area (Å²) < 4.78 is 35.1. The van der Waals surface area contributed by atoms with Crippen LogP contribution in [0.1, 0.15) is 40.5 Å². The third-order valence-electron chi connectivity index (χ3n) is 5.04. The van der Waals surface area contributed by atoms with Gasteiger partial charge in [-0.25, -0.2) is 8.78 Å². The summed E-state index contributed by atoms with van der Waals surface area (Å²) in [6.07, 6.45) is 0.0672. The van der Waals surface area contributed by atoms with Crippen LogP contribution in [-0.2, 0) is 6.61 Å². The van der Waals surface area contributed by atoms with Crippen molar-refractivity contribution in [3.05, 3.63) is 64.4 Å². The maximum absolute atomic E-state index is 14.0. The van der Waals surface area contributed by atoms with Crippen molar-refractivity contribution >= 4 is 35.0 Å². The van der Waals surface area contributed by atoms with Gasteiger partial charge in [-0.1, -0.05) is 12.5 Å². The van der Waals surface area contributed by atoms with Gasteiger partial charge in [-0.3, -0.25) is 4.79 Å². The molecule has 0 spiro atoms. The third-order valence-corrected chi connectivity index (χ3v) is 5.04. The van der Waals surface area contributed by atoms with E-state index in [1.165, 1.54) is 10.6 Å². The quantitative estimate of drug-likeness (QED) is 0.521. The molecule has 0 bridgehead atoms. The number of nitrogens with zero attached hydrogens (tertiary/aromatic N) is 2. The molecule has 11 heteroatoms. The summed E-state index contributed by atoms with van der Waals surface area (Å²) in [5.74, 6) is -1.60. The minimum Gasteiger partial charge on any atom is -0.473 e. The molecule has 0 fully saturated rings.